The van der Waals surface area contributed by atoms with Crippen molar-refractivity contribution in [2.24, 2.45) is 0 Å². The Bertz CT molecular complexity index is 559. The third-order valence-electron chi connectivity index (χ3n) is 2.15. The summed E-state index contributed by atoms with van der Waals surface area (Å²) in [6.45, 7) is 0. The summed E-state index contributed by atoms with van der Waals surface area (Å²) >= 11 is 3.31. The van der Waals surface area contributed by atoms with E-state index < -0.39 is 6.09 Å². The molecule has 0 aliphatic heterocycles. The number of aromatic nitrogens is 2. The average molecular weight is 282 g/mol. The van der Waals surface area contributed by atoms with Gasteiger partial charge in [0.05, 0.1) is 0 Å². The summed E-state index contributed by atoms with van der Waals surface area (Å²) in [7, 11) is 1.44. The number of fused-ring (bicyclic) bond motifs is 1. The van der Waals surface area contributed by atoms with Crippen LogP contribution in [0.15, 0.2) is 29.0 Å². The van der Waals surface area contributed by atoms with Crippen LogP contribution in [0.4, 0.5) is 10.6 Å². The summed E-state index contributed by atoms with van der Waals surface area (Å²) < 4.78 is 0.843. The zero-order valence-electron chi connectivity index (χ0n) is 8.38. The Balaban J connectivity index is 2.66. The highest BCUT2D eigenvalue weighted by atomic mass is 79.9. The minimum atomic E-state index is -1.07. The summed E-state index contributed by atoms with van der Waals surface area (Å²) in [6, 6.07) is 3.65. The topological polar surface area (TPSA) is 66.3 Å². The number of halogens is 1. The maximum atomic E-state index is 10.9. The third-order valence-corrected chi connectivity index (χ3v) is 2.58. The van der Waals surface area contributed by atoms with Gasteiger partial charge in [-0.3, -0.25) is 9.88 Å². The molecule has 0 bridgehead atoms. The lowest BCUT2D eigenvalue weighted by Crippen LogP contribution is -2.25. The maximum Gasteiger partial charge on any atom is 0.412 e. The zero-order chi connectivity index (χ0) is 11.7. The van der Waals surface area contributed by atoms with E-state index in [0.717, 1.165) is 14.8 Å². The molecule has 0 aliphatic carbocycles. The van der Waals surface area contributed by atoms with Gasteiger partial charge in [0.25, 0.3) is 0 Å². The SMILES string of the molecule is CN(C(=O)O)c1nccc2cc(Br)cnc12. The fourth-order valence-electron chi connectivity index (χ4n) is 1.35. The third kappa shape index (κ3) is 1.83. The predicted molar refractivity (Wildman–Crippen MR) is 63.7 cm³/mol. The van der Waals surface area contributed by atoms with Crippen LogP contribution in [-0.4, -0.2) is 28.2 Å². The van der Waals surface area contributed by atoms with E-state index >= 15 is 0 Å². The molecule has 2 aromatic rings. The smallest absolute Gasteiger partial charge is 0.412 e. The van der Waals surface area contributed by atoms with Gasteiger partial charge in [-0.05, 0) is 28.1 Å². The lowest BCUT2D eigenvalue weighted by atomic mass is 10.2. The summed E-state index contributed by atoms with van der Waals surface area (Å²) in [6.07, 6.45) is 2.11. The fourth-order valence-corrected chi connectivity index (χ4v) is 1.70. The van der Waals surface area contributed by atoms with E-state index in [1.807, 2.05) is 6.07 Å². The highest BCUT2D eigenvalue weighted by Gasteiger charge is 2.14. The Kier molecular flexibility index (Phi) is 2.74. The molecular formula is C10H8BrN3O2. The lowest BCUT2D eigenvalue weighted by molar-refractivity contribution is 0.203. The van der Waals surface area contributed by atoms with Gasteiger partial charge in [0, 0.05) is 29.3 Å². The van der Waals surface area contributed by atoms with Crippen molar-refractivity contribution in [3.05, 3.63) is 29.0 Å². The molecule has 2 aromatic heterocycles. The summed E-state index contributed by atoms with van der Waals surface area (Å²) in [5, 5.41) is 9.74. The number of carbonyl (C=O) groups is 1. The van der Waals surface area contributed by atoms with E-state index in [4.69, 9.17) is 5.11 Å². The van der Waals surface area contributed by atoms with Crippen LogP contribution in [0.2, 0.25) is 0 Å². The molecule has 0 radical (unpaired) electrons. The summed E-state index contributed by atoms with van der Waals surface area (Å²) in [4.78, 5) is 20.1. The second-order valence-electron chi connectivity index (χ2n) is 3.20. The van der Waals surface area contributed by atoms with Crippen molar-refractivity contribution in [1.29, 1.82) is 0 Å². The Morgan fingerprint density at radius 1 is 1.50 bits per heavy atom. The van der Waals surface area contributed by atoms with Gasteiger partial charge in [0.15, 0.2) is 5.82 Å². The van der Waals surface area contributed by atoms with Crippen LogP contribution in [0.5, 0.6) is 0 Å². The van der Waals surface area contributed by atoms with Gasteiger partial charge in [-0.15, -0.1) is 0 Å². The second-order valence-corrected chi connectivity index (χ2v) is 4.12. The first-order valence-electron chi connectivity index (χ1n) is 4.46. The van der Waals surface area contributed by atoms with Gasteiger partial charge in [-0.25, -0.2) is 9.78 Å². The molecule has 82 valence electrons. The molecular weight excluding hydrogens is 274 g/mol. The van der Waals surface area contributed by atoms with E-state index in [1.165, 1.54) is 7.05 Å². The summed E-state index contributed by atoms with van der Waals surface area (Å²) in [5.74, 6) is 0.331. The summed E-state index contributed by atoms with van der Waals surface area (Å²) in [5.41, 5.74) is 0.565. The first kappa shape index (κ1) is 10.8. The molecule has 0 spiro atoms. The van der Waals surface area contributed by atoms with Crippen molar-refractivity contribution in [3.8, 4) is 0 Å². The van der Waals surface area contributed by atoms with Gasteiger partial charge < -0.3 is 5.11 Å². The predicted octanol–water partition coefficient (Wildman–Crippen LogP) is 2.51. The molecule has 1 N–H and O–H groups in total. The zero-order valence-corrected chi connectivity index (χ0v) is 9.97. The van der Waals surface area contributed by atoms with Crippen LogP contribution in [0.1, 0.15) is 0 Å². The molecule has 0 fully saturated rings. The number of pyridine rings is 2. The Hall–Kier alpha value is -1.69. The number of carboxylic acid groups (broad SMARTS) is 1. The monoisotopic (exact) mass is 281 g/mol. The molecule has 1 amide bonds. The highest BCUT2D eigenvalue weighted by molar-refractivity contribution is 9.10. The fraction of sp³-hybridized carbons (Fsp3) is 0.100. The Morgan fingerprint density at radius 3 is 2.94 bits per heavy atom. The van der Waals surface area contributed by atoms with Crippen molar-refractivity contribution in [2.45, 2.75) is 0 Å². The largest absolute Gasteiger partial charge is 0.465 e. The normalized spacial score (nSPS) is 10.4. The number of anilines is 1. The van der Waals surface area contributed by atoms with Gasteiger partial charge in [0.2, 0.25) is 0 Å². The number of rotatable bonds is 1. The van der Waals surface area contributed by atoms with Crippen molar-refractivity contribution < 1.29 is 9.90 Å². The molecule has 0 atom stereocenters. The molecule has 2 rings (SSSR count). The van der Waals surface area contributed by atoms with Crippen LogP contribution < -0.4 is 4.90 Å². The quantitative estimate of drug-likeness (QED) is 0.872. The van der Waals surface area contributed by atoms with Crippen LogP contribution in [0.25, 0.3) is 10.9 Å². The van der Waals surface area contributed by atoms with Crippen molar-refractivity contribution in [1.82, 2.24) is 9.97 Å². The van der Waals surface area contributed by atoms with Crippen LogP contribution in [0, 0.1) is 0 Å². The van der Waals surface area contributed by atoms with Crippen LogP contribution in [0.3, 0.4) is 0 Å². The molecule has 0 unspecified atom stereocenters. The highest BCUT2D eigenvalue weighted by Crippen LogP contribution is 2.23. The molecule has 2 heterocycles. The molecule has 0 aromatic carbocycles. The first-order valence-corrected chi connectivity index (χ1v) is 5.26. The lowest BCUT2D eigenvalue weighted by Gasteiger charge is -2.13. The van der Waals surface area contributed by atoms with Gasteiger partial charge in [0.1, 0.15) is 5.52 Å². The van der Waals surface area contributed by atoms with E-state index in [-0.39, 0.29) is 0 Å². The molecule has 16 heavy (non-hydrogen) atoms. The molecule has 6 heteroatoms. The van der Waals surface area contributed by atoms with Gasteiger partial charge >= 0.3 is 6.09 Å². The Morgan fingerprint density at radius 2 is 2.25 bits per heavy atom. The van der Waals surface area contributed by atoms with E-state index in [9.17, 15) is 4.79 Å². The maximum absolute atomic E-state index is 10.9. The first-order chi connectivity index (χ1) is 7.59. The second kappa shape index (κ2) is 4.05. The molecule has 0 saturated heterocycles. The van der Waals surface area contributed by atoms with Crippen LogP contribution in [-0.2, 0) is 0 Å². The van der Waals surface area contributed by atoms with Gasteiger partial charge in [-0.1, -0.05) is 0 Å². The van der Waals surface area contributed by atoms with Crippen molar-refractivity contribution >= 4 is 38.7 Å². The Labute approximate surface area is 99.9 Å². The molecule has 0 aliphatic rings. The molecule has 0 saturated carbocycles. The van der Waals surface area contributed by atoms with E-state index in [2.05, 4.69) is 25.9 Å². The number of nitrogens with zero attached hydrogens (tertiary/aromatic N) is 3. The van der Waals surface area contributed by atoms with Crippen molar-refractivity contribution in [3.63, 3.8) is 0 Å². The van der Waals surface area contributed by atoms with Gasteiger partial charge in [-0.2, -0.15) is 0 Å². The standard InChI is InChI=1S/C10H8BrN3O2/c1-14(10(15)16)9-8-6(2-3-12-9)4-7(11)5-13-8/h2-5H,1H3,(H,15,16). The minimum Gasteiger partial charge on any atom is -0.465 e. The number of hydrogen-bond donors (Lipinski definition) is 1. The number of amides is 1. The van der Waals surface area contributed by atoms with E-state index in [0.29, 0.717) is 11.3 Å². The van der Waals surface area contributed by atoms with Crippen molar-refractivity contribution in [2.75, 3.05) is 11.9 Å². The van der Waals surface area contributed by atoms with Crippen LogP contribution >= 0.6 is 15.9 Å². The minimum absolute atomic E-state index is 0.331. The number of hydrogen-bond acceptors (Lipinski definition) is 3. The average Bonchev–Trinajstić information content (AvgIpc) is 2.26. The van der Waals surface area contributed by atoms with E-state index in [1.54, 1.807) is 18.5 Å². The molecule has 5 nitrogen and oxygen atoms in total.